The highest BCUT2D eigenvalue weighted by Gasteiger charge is 2.15. The van der Waals surface area contributed by atoms with Crippen LogP contribution in [0.5, 0.6) is 0 Å². The summed E-state index contributed by atoms with van der Waals surface area (Å²) in [7, 11) is 0. The Kier molecular flexibility index (Phi) is 2.59. The normalized spacial score (nSPS) is 11.0. The zero-order valence-corrected chi connectivity index (χ0v) is 10.2. The molecule has 3 rings (SSSR count). The van der Waals surface area contributed by atoms with Crippen molar-refractivity contribution in [2.24, 2.45) is 0 Å². The van der Waals surface area contributed by atoms with Gasteiger partial charge >= 0.3 is 11.6 Å². The number of esters is 1. The van der Waals surface area contributed by atoms with E-state index < -0.39 is 11.6 Å². The van der Waals surface area contributed by atoms with Gasteiger partial charge < -0.3 is 14.1 Å². The maximum absolute atomic E-state index is 11.8. The van der Waals surface area contributed by atoms with Gasteiger partial charge in [-0.1, -0.05) is 12.1 Å². The second kappa shape index (κ2) is 4.28. The summed E-state index contributed by atoms with van der Waals surface area (Å²) in [6.45, 7) is 2.01. The van der Waals surface area contributed by atoms with Crippen molar-refractivity contribution in [1.29, 1.82) is 0 Å². The van der Waals surface area contributed by atoms with E-state index in [1.165, 1.54) is 6.07 Å². The SMILES string of the molecule is CCOC(=O)c1cc2c(=O)oc3ccccc3c2[nH]1. The van der Waals surface area contributed by atoms with E-state index >= 15 is 0 Å². The van der Waals surface area contributed by atoms with E-state index in [0.29, 0.717) is 16.5 Å². The Bertz CT molecular complexity index is 828. The number of aromatic amines is 1. The van der Waals surface area contributed by atoms with Crippen LogP contribution in [0.2, 0.25) is 0 Å². The molecule has 0 aliphatic heterocycles. The molecule has 19 heavy (non-hydrogen) atoms. The van der Waals surface area contributed by atoms with Gasteiger partial charge in [-0.25, -0.2) is 9.59 Å². The lowest BCUT2D eigenvalue weighted by Gasteiger charge is -1.98. The molecule has 0 bridgehead atoms. The van der Waals surface area contributed by atoms with E-state index in [0.717, 1.165) is 5.39 Å². The first kappa shape index (κ1) is 11.5. The first-order valence-electron chi connectivity index (χ1n) is 5.92. The number of hydrogen-bond donors (Lipinski definition) is 1. The molecule has 1 aromatic carbocycles. The maximum Gasteiger partial charge on any atom is 0.354 e. The van der Waals surface area contributed by atoms with Crippen LogP contribution in [0.3, 0.4) is 0 Å². The minimum Gasteiger partial charge on any atom is -0.461 e. The lowest BCUT2D eigenvalue weighted by atomic mass is 10.2. The van der Waals surface area contributed by atoms with Crippen LogP contribution in [0.25, 0.3) is 21.9 Å². The van der Waals surface area contributed by atoms with Crippen LogP contribution in [-0.4, -0.2) is 17.6 Å². The molecule has 96 valence electrons. The van der Waals surface area contributed by atoms with Gasteiger partial charge in [0.15, 0.2) is 0 Å². The summed E-state index contributed by atoms with van der Waals surface area (Å²) in [5, 5.41) is 1.11. The highest BCUT2D eigenvalue weighted by Crippen LogP contribution is 2.22. The van der Waals surface area contributed by atoms with Crippen molar-refractivity contribution in [1.82, 2.24) is 4.98 Å². The Morgan fingerprint density at radius 1 is 1.32 bits per heavy atom. The van der Waals surface area contributed by atoms with Crippen LogP contribution in [0.15, 0.2) is 39.5 Å². The zero-order chi connectivity index (χ0) is 13.4. The van der Waals surface area contributed by atoms with Gasteiger partial charge in [0.25, 0.3) is 0 Å². The first-order chi connectivity index (χ1) is 9.20. The highest BCUT2D eigenvalue weighted by molar-refractivity contribution is 6.05. The molecule has 5 heteroatoms. The summed E-state index contributed by atoms with van der Waals surface area (Å²) in [6.07, 6.45) is 0. The van der Waals surface area contributed by atoms with Gasteiger partial charge in [0.05, 0.1) is 17.5 Å². The van der Waals surface area contributed by atoms with Gasteiger partial charge in [-0.2, -0.15) is 0 Å². The molecule has 5 nitrogen and oxygen atoms in total. The topological polar surface area (TPSA) is 72.3 Å². The highest BCUT2D eigenvalue weighted by atomic mass is 16.5. The Morgan fingerprint density at radius 2 is 2.11 bits per heavy atom. The fraction of sp³-hybridized carbons (Fsp3) is 0.143. The Balaban J connectivity index is 2.32. The number of H-pyrrole nitrogens is 1. The monoisotopic (exact) mass is 257 g/mol. The van der Waals surface area contributed by atoms with Crippen molar-refractivity contribution in [3.63, 3.8) is 0 Å². The predicted molar refractivity (Wildman–Crippen MR) is 70.3 cm³/mol. The molecule has 0 amide bonds. The van der Waals surface area contributed by atoms with Gasteiger partial charge in [-0.15, -0.1) is 0 Å². The Hall–Kier alpha value is -2.56. The fourth-order valence-corrected chi connectivity index (χ4v) is 2.06. The van der Waals surface area contributed by atoms with Gasteiger partial charge in [-0.05, 0) is 25.1 Å². The van der Waals surface area contributed by atoms with Gasteiger partial charge in [0.1, 0.15) is 11.3 Å². The van der Waals surface area contributed by atoms with E-state index in [9.17, 15) is 9.59 Å². The molecule has 0 atom stereocenters. The molecular formula is C14H11NO4. The number of carbonyl (C=O) groups is 1. The largest absolute Gasteiger partial charge is 0.461 e. The van der Waals surface area contributed by atoms with E-state index in [-0.39, 0.29) is 12.3 Å². The van der Waals surface area contributed by atoms with E-state index in [4.69, 9.17) is 9.15 Å². The second-order valence-electron chi connectivity index (χ2n) is 4.08. The van der Waals surface area contributed by atoms with Crippen LogP contribution in [0, 0.1) is 0 Å². The lowest BCUT2D eigenvalue weighted by molar-refractivity contribution is 0.0520. The smallest absolute Gasteiger partial charge is 0.354 e. The number of hydrogen-bond acceptors (Lipinski definition) is 4. The predicted octanol–water partition coefficient (Wildman–Crippen LogP) is 2.45. The number of ether oxygens (including phenoxy) is 1. The third kappa shape index (κ3) is 1.79. The van der Waals surface area contributed by atoms with Crippen molar-refractivity contribution in [3.8, 4) is 0 Å². The third-order valence-electron chi connectivity index (χ3n) is 2.89. The number of benzene rings is 1. The number of para-hydroxylation sites is 1. The van der Waals surface area contributed by atoms with Crippen molar-refractivity contribution in [3.05, 3.63) is 46.4 Å². The zero-order valence-electron chi connectivity index (χ0n) is 10.2. The summed E-state index contributed by atoms with van der Waals surface area (Å²) in [5.74, 6) is -0.484. The molecule has 0 saturated heterocycles. The van der Waals surface area contributed by atoms with E-state index in [1.807, 2.05) is 12.1 Å². The Morgan fingerprint density at radius 3 is 2.89 bits per heavy atom. The molecule has 0 aliphatic carbocycles. The summed E-state index contributed by atoms with van der Waals surface area (Å²) < 4.78 is 10.1. The summed E-state index contributed by atoms with van der Waals surface area (Å²) in [4.78, 5) is 26.5. The average molecular weight is 257 g/mol. The summed E-state index contributed by atoms with van der Waals surface area (Å²) >= 11 is 0. The molecule has 2 aromatic heterocycles. The number of fused-ring (bicyclic) bond motifs is 3. The standard InChI is InChI=1S/C14H11NO4/c1-2-18-14(17)10-7-9-12(15-10)8-5-3-4-6-11(8)19-13(9)16/h3-7,15H,2H2,1H3. The van der Waals surface area contributed by atoms with E-state index in [2.05, 4.69) is 4.98 Å². The molecule has 0 aliphatic rings. The molecule has 0 fully saturated rings. The van der Waals surface area contributed by atoms with Crippen LogP contribution >= 0.6 is 0 Å². The molecule has 0 spiro atoms. The molecule has 0 saturated carbocycles. The fourth-order valence-electron chi connectivity index (χ4n) is 2.06. The molecule has 0 unspecified atom stereocenters. The van der Waals surface area contributed by atoms with E-state index in [1.54, 1.807) is 19.1 Å². The molecule has 2 heterocycles. The van der Waals surface area contributed by atoms with Gasteiger partial charge in [0, 0.05) is 5.39 Å². The Labute approximate surface area is 107 Å². The summed E-state index contributed by atoms with van der Waals surface area (Å²) in [5.41, 5.74) is 0.855. The second-order valence-corrected chi connectivity index (χ2v) is 4.08. The van der Waals surface area contributed by atoms with Crippen LogP contribution in [0.4, 0.5) is 0 Å². The van der Waals surface area contributed by atoms with Gasteiger partial charge in [-0.3, -0.25) is 0 Å². The quantitative estimate of drug-likeness (QED) is 0.565. The van der Waals surface area contributed by atoms with Crippen molar-refractivity contribution >= 4 is 27.8 Å². The van der Waals surface area contributed by atoms with Crippen LogP contribution in [-0.2, 0) is 4.74 Å². The number of carbonyl (C=O) groups excluding carboxylic acids is 1. The number of rotatable bonds is 2. The molecule has 1 N–H and O–H groups in total. The average Bonchev–Trinajstić information content (AvgIpc) is 2.85. The minimum absolute atomic E-state index is 0.250. The lowest BCUT2D eigenvalue weighted by Crippen LogP contribution is -2.04. The molecular weight excluding hydrogens is 246 g/mol. The molecule has 3 aromatic rings. The van der Waals surface area contributed by atoms with Crippen molar-refractivity contribution < 1.29 is 13.9 Å². The van der Waals surface area contributed by atoms with Crippen LogP contribution in [0.1, 0.15) is 17.4 Å². The van der Waals surface area contributed by atoms with Crippen molar-refractivity contribution in [2.75, 3.05) is 6.61 Å². The number of nitrogens with one attached hydrogen (secondary N) is 1. The van der Waals surface area contributed by atoms with Crippen molar-refractivity contribution in [2.45, 2.75) is 6.92 Å². The van der Waals surface area contributed by atoms with Crippen LogP contribution < -0.4 is 5.63 Å². The maximum atomic E-state index is 11.8. The third-order valence-corrected chi connectivity index (χ3v) is 2.89. The molecule has 0 radical (unpaired) electrons. The first-order valence-corrected chi connectivity index (χ1v) is 5.92. The van der Waals surface area contributed by atoms with Gasteiger partial charge in [0.2, 0.25) is 0 Å². The summed E-state index contributed by atoms with van der Waals surface area (Å²) in [6, 6.07) is 8.62. The minimum atomic E-state index is -0.484. The number of aromatic nitrogens is 1.